The summed E-state index contributed by atoms with van der Waals surface area (Å²) in [6.45, 7) is 1.39. The van der Waals surface area contributed by atoms with E-state index in [1.54, 1.807) is 0 Å². The summed E-state index contributed by atoms with van der Waals surface area (Å²) in [4.78, 5) is 20.8. The average molecular weight is 340 g/mol. The summed E-state index contributed by atoms with van der Waals surface area (Å²) in [7, 11) is 0. The SMILES string of the molecule is CCOC(=O)C(F)Oc1c(Br)cc(F)cc1[N+](=O)[O-]. The van der Waals surface area contributed by atoms with Crippen LogP contribution in [0.15, 0.2) is 16.6 Å². The minimum Gasteiger partial charge on any atom is -0.461 e. The van der Waals surface area contributed by atoms with Gasteiger partial charge in [-0.2, -0.15) is 4.39 Å². The number of hydrogen-bond donors (Lipinski definition) is 0. The number of esters is 1. The summed E-state index contributed by atoms with van der Waals surface area (Å²) >= 11 is 2.79. The number of rotatable bonds is 5. The lowest BCUT2D eigenvalue weighted by Gasteiger charge is -2.11. The molecule has 1 aromatic carbocycles. The molecule has 0 saturated carbocycles. The van der Waals surface area contributed by atoms with Gasteiger partial charge in [0, 0.05) is 0 Å². The average Bonchev–Trinajstić information content (AvgIpc) is 2.32. The number of carbonyl (C=O) groups is 1. The molecule has 1 rings (SSSR count). The maximum Gasteiger partial charge on any atom is 0.381 e. The fourth-order valence-corrected chi connectivity index (χ4v) is 1.67. The highest BCUT2D eigenvalue weighted by Gasteiger charge is 2.28. The maximum atomic E-state index is 13.4. The van der Waals surface area contributed by atoms with Crippen molar-refractivity contribution < 1.29 is 28.0 Å². The Hall–Kier alpha value is -1.77. The zero-order chi connectivity index (χ0) is 14.6. The smallest absolute Gasteiger partial charge is 0.381 e. The topological polar surface area (TPSA) is 78.7 Å². The Morgan fingerprint density at radius 2 is 2.21 bits per heavy atom. The van der Waals surface area contributed by atoms with Crippen LogP contribution in [0.25, 0.3) is 0 Å². The second kappa shape index (κ2) is 6.41. The molecule has 1 unspecified atom stereocenters. The van der Waals surface area contributed by atoms with Crippen LogP contribution in [0.5, 0.6) is 5.75 Å². The first kappa shape index (κ1) is 15.3. The Morgan fingerprint density at radius 1 is 1.58 bits per heavy atom. The van der Waals surface area contributed by atoms with E-state index in [1.165, 1.54) is 6.92 Å². The Kier molecular flexibility index (Phi) is 5.16. The predicted octanol–water partition coefficient (Wildman–Crippen LogP) is 2.73. The third-order valence-corrected chi connectivity index (χ3v) is 2.47. The van der Waals surface area contributed by atoms with Gasteiger partial charge in [-0.25, -0.2) is 9.18 Å². The van der Waals surface area contributed by atoms with Crippen LogP contribution in [0.2, 0.25) is 0 Å². The molecule has 0 aromatic heterocycles. The Bertz CT molecular complexity index is 511. The van der Waals surface area contributed by atoms with Crippen molar-refractivity contribution in [1.82, 2.24) is 0 Å². The van der Waals surface area contributed by atoms with Gasteiger partial charge in [-0.05, 0) is 28.9 Å². The molecule has 0 N–H and O–H groups in total. The summed E-state index contributed by atoms with van der Waals surface area (Å²) in [5.41, 5.74) is -0.807. The quantitative estimate of drug-likeness (QED) is 0.468. The van der Waals surface area contributed by atoms with E-state index in [0.29, 0.717) is 6.07 Å². The van der Waals surface area contributed by atoms with Crippen molar-refractivity contribution in [2.75, 3.05) is 6.61 Å². The summed E-state index contributed by atoms with van der Waals surface area (Å²) in [6.07, 6.45) is -2.54. The molecule has 0 aliphatic heterocycles. The van der Waals surface area contributed by atoms with Crippen molar-refractivity contribution in [3.63, 3.8) is 0 Å². The van der Waals surface area contributed by atoms with Gasteiger partial charge >= 0.3 is 18.0 Å². The molecular formula is C10H8BrF2NO5. The van der Waals surface area contributed by atoms with Gasteiger partial charge < -0.3 is 9.47 Å². The van der Waals surface area contributed by atoms with Crippen LogP contribution in [-0.2, 0) is 9.53 Å². The second-order valence-corrected chi connectivity index (χ2v) is 4.03. The van der Waals surface area contributed by atoms with Gasteiger partial charge in [0.1, 0.15) is 5.82 Å². The molecule has 0 amide bonds. The summed E-state index contributed by atoms with van der Waals surface area (Å²) in [6, 6.07) is 1.40. The fourth-order valence-electron chi connectivity index (χ4n) is 1.16. The van der Waals surface area contributed by atoms with Crippen molar-refractivity contribution in [3.8, 4) is 5.75 Å². The molecule has 104 valence electrons. The Balaban J connectivity index is 3.06. The van der Waals surface area contributed by atoms with E-state index in [1.807, 2.05) is 0 Å². The summed E-state index contributed by atoms with van der Waals surface area (Å²) in [5, 5.41) is 10.7. The van der Waals surface area contributed by atoms with Gasteiger partial charge in [0.05, 0.1) is 22.1 Å². The predicted molar refractivity (Wildman–Crippen MR) is 62.9 cm³/mol. The lowest BCUT2D eigenvalue weighted by Crippen LogP contribution is -2.25. The first-order valence-corrected chi connectivity index (χ1v) is 5.77. The van der Waals surface area contributed by atoms with E-state index in [-0.39, 0.29) is 11.1 Å². The number of halogens is 3. The standard InChI is InChI=1S/C10H8BrF2NO5/c1-2-18-10(15)9(13)19-8-6(11)3-5(12)4-7(8)14(16)17/h3-4,9H,2H2,1H3. The highest BCUT2D eigenvalue weighted by atomic mass is 79.9. The molecule has 0 saturated heterocycles. The lowest BCUT2D eigenvalue weighted by molar-refractivity contribution is -0.386. The fraction of sp³-hybridized carbons (Fsp3) is 0.300. The monoisotopic (exact) mass is 339 g/mol. The van der Waals surface area contributed by atoms with Crippen LogP contribution >= 0.6 is 15.9 Å². The molecule has 6 nitrogen and oxygen atoms in total. The number of nitro benzene ring substituents is 1. The first-order chi connectivity index (χ1) is 8.86. The van der Waals surface area contributed by atoms with Crippen LogP contribution in [0.3, 0.4) is 0 Å². The largest absolute Gasteiger partial charge is 0.461 e. The van der Waals surface area contributed by atoms with Crippen molar-refractivity contribution in [2.24, 2.45) is 0 Å². The molecule has 19 heavy (non-hydrogen) atoms. The molecule has 0 aliphatic carbocycles. The molecule has 0 heterocycles. The number of hydrogen-bond acceptors (Lipinski definition) is 5. The third kappa shape index (κ3) is 3.85. The zero-order valence-corrected chi connectivity index (χ0v) is 11.1. The number of benzene rings is 1. The van der Waals surface area contributed by atoms with Crippen LogP contribution < -0.4 is 4.74 Å². The molecule has 9 heteroatoms. The lowest BCUT2D eigenvalue weighted by atomic mass is 10.3. The highest BCUT2D eigenvalue weighted by Crippen LogP contribution is 2.36. The van der Waals surface area contributed by atoms with Gasteiger partial charge in [0.25, 0.3) is 0 Å². The number of alkyl halides is 1. The van der Waals surface area contributed by atoms with E-state index in [2.05, 4.69) is 25.4 Å². The molecule has 0 spiro atoms. The number of ether oxygens (including phenoxy) is 2. The van der Waals surface area contributed by atoms with Crippen molar-refractivity contribution >= 4 is 27.6 Å². The van der Waals surface area contributed by atoms with Gasteiger partial charge in [-0.1, -0.05) is 0 Å². The van der Waals surface area contributed by atoms with Crippen LogP contribution in [0, 0.1) is 15.9 Å². The van der Waals surface area contributed by atoms with Gasteiger partial charge in [-0.15, -0.1) is 0 Å². The van der Waals surface area contributed by atoms with Gasteiger partial charge in [-0.3, -0.25) is 10.1 Å². The van der Waals surface area contributed by atoms with E-state index >= 15 is 0 Å². The minimum absolute atomic E-state index is 0.0741. The normalized spacial score (nSPS) is 11.8. The summed E-state index contributed by atoms with van der Waals surface area (Å²) in [5.74, 6) is -2.82. The number of carbonyl (C=O) groups excluding carboxylic acids is 1. The third-order valence-electron chi connectivity index (χ3n) is 1.88. The molecule has 0 aliphatic rings. The van der Waals surface area contributed by atoms with Crippen molar-refractivity contribution in [3.05, 3.63) is 32.5 Å². The van der Waals surface area contributed by atoms with E-state index in [0.717, 1.165) is 6.07 Å². The van der Waals surface area contributed by atoms with Crippen molar-refractivity contribution in [2.45, 2.75) is 13.3 Å². The summed E-state index contributed by atoms with van der Waals surface area (Å²) < 4.78 is 35.0. The maximum absolute atomic E-state index is 13.4. The van der Waals surface area contributed by atoms with Gasteiger partial charge in [0.2, 0.25) is 5.75 Å². The number of nitro groups is 1. The van der Waals surface area contributed by atoms with Gasteiger partial charge in [0.15, 0.2) is 0 Å². The number of nitrogens with zero attached hydrogens (tertiary/aromatic N) is 1. The molecular weight excluding hydrogens is 332 g/mol. The molecule has 0 fully saturated rings. The Morgan fingerprint density at radius 3 is 2.74 bits per heavy atom. The first-order valence-electron chi connectivity index (χ1n) is 4.97. The van der Waals surface area contributed by atoms with E-state index < -0.39 is 34.5 Å². The molecule has 0 bridgehead atoms. The van der Waals surface area contributed by atoms with Crippen molar-refractivity contribution in [1.29, 1.82) is 0 Å². The van der Waals surface area contributed by atoms with Crippen LogP contribution in [0.4, 0.5) is 14.5 Å². The molecule has 1 aromatic rings. The zero-order valence-electron chi connectivity index (χ0n) is 9.56. The van der Waals surface area contributed by atoms with Crippen LogP contribution in [0.1, 0.15) is 6.92 Å². The highest BCUT2D eigenvalue weighted by molar-refractivity contribution is 9.10. The van der Waals surface area contributed by atoms with E-state index in [9.17, 15) is 23.7 Å². The Labute approximate surface area is 114 Å². The molecule has 1 atom stereocenters. The minimum atomic E-state index is -2.54. The second-order valence-electron chi connectivity index (χ2n) is 3.18. The molecule has 0 radical (unpaired) electrons. The van der Waals surface area contributed by atoms with Crippen LogP contribution in [-0.4, -0.2) is 23.9 Å². The van der Waals surface area contributed by atoms with E-state index in [4.69, 9.17) is 0 Å².